The van der Waals surface area contributed by atoms with Crippen LogP contribution in [0.3, 0.4) is 0 Å². The Balaban J connectivity index is 2.37. The van der Waals surface area contributed by atoms with Crippen LogP contribution in [0.2, 0.25) is 5.02 Å². The van der Waals surface area contributed by atoms with E-state index in [2.05, 4.69) is 0 Å². The number of carbonyl (C=O) groups is 1. The van der Waals surface area contributed by atoms with Gasteiger partial charge in [-0.15, -0.1) is 0 Å². The number of benzene rings is 1. The van der Waals surface area contributed by atoms with Gasteiger partial charge < -0.3 is 4.42 Å². The monoisotopic (exact) mass is 351 g/mol. The minimum atomic E-state index is -4.53. The van der Waals surface area contributed by atoms with Crippen molar-refractivity contribution in [1.29, 1.82) is 0 Å². The van der Waals surface area contributed by atoms with Crippen LogP contribution < -0.4 is 10.2 Å². The maximum Gasteiger partial charge on any atom is 0.300 e. The average molecular weight is 352 g/mol. The fraction of sp³-hybridized carbons (Fsp3) is 0.167. The molecule has 0 atom stereocenters. The van der Waals surface area contributed by atoms with Crippen molar-refractivity contribution < 1.29 is 26.4 Å². The molecule has 0 radical (unpaired) electrons. The first-order valence-corrected chi connectivity index (χ1v) is 7.77. The number of alkyl halides is 2. The van der Waals surface area contributed by atoms with Crippen molar-refractivity contribution in [2.75, 3.05) is 5.75 Å². The van der Waals surface area contributed by atoms with Crippen molar-refractivity contribution in [1.82, 2.24) is 4.72 Å². The number of carbonyl (C=O) groups excluding carboxylic acids is 1. The topological polar surface area (TPSA) is 93.5 Å². The van der Waals surface area contributed by atoms with E-state index >= 15 is 0 Å². The smallest absolute Gasteiger partial charge is 0.300 e. The molecule has 2 rings (SSSR count). The molecule has 2 aromatic rings. The van der Waals surface area contributed by atoms with Gasteiger partial charge in [0.05, 0.1) is 5.39 Å². The van der Waals surface area contributed by atoms with E-state index in [1.807, 2.05) is 0 Å². The van der Waals surface area contributed by atoms with Crippen molar-refractivity contribution in [2.45, 2.75) is 6.43 Å². The maximum absolute atomic E-state index is 12.1. The van der Waals surface area contributed by atoms with E-state index in [0.29, 0.717) is 0 Å². The lowest BCUT2D eigenvalue weighted by molar-refractivity contribution is 0.0954. The Morgan fingerprint density at radius 1 is 1.32 bits per heavy atom. The van der Waals surface area contributed by atoms with Gasteiger partial charge >= 0.3 is 5.91 Å². The molecule has 10 heteroatoms. The van der Waals surface area contributed by atoms with Gasteiger partial charge in [0.25, 0.3) is 6.43 Å². The second-order valence-electron chi connectivity index (χ2n) is 4.22. The van der Waals surface area contributed by atoms with Gasteiger partial charge in [0, 0.05) is 11.1 Å². The number of sulfonamides is 1. The van der Waals surface area contributed by atoms with Crippen LogP contribution in [0, 0.1) is 0 Å². The fourth-order valence-corrected chi connectivity index (χ4v) is 2.61. The summed E-state index contributed by atoms with van der Waals surface area (Å²) in [6.45, 7) is 0. The molecule has 0 saturated carbocycles. The number of hydrogen-bond acceptors (Lipinski definition) is 5. The second kappa shape index (κ2) is 6.01. The molecule has 0 aliphatic carbocycles. The van der Waals surface area contributed by atoms with Crippen LogP contribution in [0.5, 0.6) is 0 Å². The van der Waals surface area contributed by atoms with Gasteiger partial charge in [-0.3, -0.25) is 9.59 Å². The molecular formula is C12H8ClF2NO5S. The molecule has 1 amide bonds. The molecule has 1 heterocycles. The molecule has 1 aromatic carbocycles. The minimum absolute atomic E-state index is 0.00769. The van der Waals surface area contributed by atoms with Crippen LogP contribution in [0.4, 0.5) is 8.78 Å². The Morgan fingerprint density at radius 2 is 2.00 bits per heavy atom. The highest BCUT2D eigenvalue weighted by Gasteiger charge is 2.23. The van der Waals surface area contributed by atoms with Crippen molar-refractivity contribution in [3.05, 3.63) is 45.3 Å². The van der Waals surface area contributed by atoms with Crippen LogP contribution in [-0.4, -0.2) is 26.5 Å². The van der Waals surface area contributed by atoms with Crippen LogP contribution >= 0.6 is 11.6 Å². The third kappa shape index (κ3) is 3.80. The first kappa shape index (κ1) is 16.4. The van der Waals surface area contributed by atoms with E-state index in [9.17, 15) is 26.8 Å². The predicted octanol–water partition coefficient (Wildman–Crippen LogP) is 1.77. The number of halogens is 3. The highest BCUT2D eigenvalue weighted by atomic mass is 35.5. The molecule has 0 bridgehead atoms. The van der Waals surface area contributed by atoms with Gasteiger partial charge in [0.15, 0.2) is 11.2 Å². The molecule has 0 unspecified atom stereocenters. The van der Waals surface area contributed by atoms with Gasteiger partial charge in [-0.05, 0) is 18.2 Å². The first-order valence-electron chi connectivity index (χ1n) is 5.74. The molecule has 0 aliphatic rings. The summed E-state index contributed by atoms with van der Waals surface area (Å²) < 4.78 is 53.2. The molecule has 118 valence electrons. The molecule has 1 N–H and O–H groups in total. The lowest BCUT2D eigenvalue weighted by Crippen LogP contribution is -2.34. The van der Waals surface area contributed by atoms with Crippen molar-refractivity contribution >= 4 is 38.5 Å². The van der Waals surface area contributed by atoms with Gasteiger partial charge in [0.1, 0.15) is 11.3 Å². The fourth-order valence-electron chi connectivity index (χ4n) is 1.64. The van der Waals surface area contributed by atoms with E-state index in [0.717, 1.165) is 6.07 Å². The maximum atomic E-state index is 12.1. The Morgan fingerprint density at radius 3 is 2.64 bits per heavy atom. The Hall–Kier alpha value is -2.00. The van der Waals surface area contributed by atoms with Crippen molar-refractivity contribution in [2.24, 2.45) is 0 Å². The number of hydrogen-bond donors (Lipinski definition) is 1. The number of rotatable bonds is 4. The lowest BCUT2D eigenvalue weighted by Gasteiger charge is -2.06. The Kier molecular flexibility index (Phi) is 4.47. The van der Waals surface area contributed by atoms with Crippen LogP contribution in [-0.2, 0) is 10.0 Å². The SMILES string of the molecule is O=C(NS(=O)(=O)CC(F)F)c1cc(=O)c2cc(Cl)ccc2o1. The molecule has 1 aromatic heterocycles. The summed E-state index contributed by atoms with van der Waals surface area (Å²) in [6.07, 6.45) is -3.14. The largest absolute Gasteiger partial charge is 0.451 e. The normalized spacial score (nSPS) is 11.8. The third-order valence-corrected chi connectivity index (χ3v) is 3.93. The highest BCUT2D eigenvalue weighted by molar-refractivity contribution is 7.90. The highest BCUT2D eigenvalue weighted by Crippen LogP contribution is 2.17. The van der Waals surface area contributed by atoms with E-state index < -0.39 is 39.3 Å². The molecule has 0 fully saturated rings. The molecular weight excluding hydrogens is 344 g/mol. The summed E-state index contributed by atoms with van der Waals surface area (Å²) in [7, 11) is -4.53. The zero-order chi connectivity index (χ0) is 16.5. The Labute approximate surface area is 127 Å². The van der Waals surface area contributed by atoms with Crippen LogP contribution in [0.15, 0.2) is 33.5 Å². The third-order valence-electron chi connectivity index (χ3n) is 2.51. The van der Waals surface area contributed by atoms with E-state index in [1.165, 1.54) is 22.9 Å². The predicted molar refractivity (Wildman–Crippen MR) is 74.8 cm³/mol. The minimum Gasteiger partial charge on any atom is -0.451 e. The zero-order valence-corrected chi connectivity index (χ0v) is 12.2. The summed E-state index contributed by atoms with van der Waals surface area (Å²) in [6, 6.07) is 4.80. The molecule has 0 aliphatic heterocycles. The summed E-state index contributed by atoms with van der Waals surface area (Å²) in [4.78, 5) is 23.5. The molecule has 6 nitrogen and oxygen atoms in total. The number of fused-ring (bicyclic) bond motifs is 1. The number of amides is 1. The lowest BCUT2D eigenvalue weighted by atomic mass is 10.2. The summed E-state index contributed by atoms with van der Waals surface area (Å²) in [5.41, 5.74) is -0.617. The van der Waals surface area contributed by atoms with Crippen molar-refractivity contribution in [3.8, 4) is 0 Å². The van der Waals surface area contributed by atoms with E-state index in [-0.39, 0.29) is 16.0 Å². The van der Waals surface area contributed by atoms with Crippen molar-refractivity contribution in [3.63, 3.8) is 0 Å². The summed E-state index contributed by atoms with van der Waals surface area (Å²) in [5, 5.41) is 0.371. The standard InChI is InChI=1S/C12H8ClF2NO5S/c13-6-1-2-9-7(3-6)8(17)4-10(21-9)12(18)16-22(19,20)5-11(14)15/h1-4,11H,5H2,(H,16,18). The first-order chi connectivity index (χ1) is 10.2. The van der Waals surface area contributed by atoms with E-state index in [1.54, 1.807) is 0 Å². The molecule has 0 saturated heterocycles. The molecule has 22 heavy (non-hydrogen) atoms. The quantitative estimate of drug-likeness (QED) is 0.906. The summed E-state index contributed by atoms with van der Waals surface area (Å²) in [5.74, 6) is -3.46. The second-order valence-corrected chi connectivity index (χ2v) is 6.42. The molecule has 0 spiro atoms. The van der Waals surface area contributed by atoms with Crippen LogP contribution in [0.1, 0.15) is 10.6 Å². The van der Waals surface area contributed by atoms with Gasteiger partial charge in [-0.2, -0.15) is 0 Å². The average Bonchev–Trinajstić information content (AvgIpc) is 2.37. The van der Waals surface area contributed by atoms with Crippen LogP contribution in [0.25, 0.3) is 11.0 Å². The van der Waals surface area contributed by atoms with Gasteiger partial charge in [-0.1, -0.05) is 11.6 Å². The summed E-state index contributed by atoms with van der Waals surface area (Å²) >= 11 is 5.72. The van der Waals surface area contributed by atoms with Gasteiger partial charge in [-0.25, -0.2) is 21.9 Å². The van der Waals surface area contributed by atoms with E-state index in [4.69, 9.17) is 16.0 Å². The Bertz CT molecular complexity index is 894. The zero-order valence-electron chi connectivity index (χ0n) is 10.7. The number of nitrogens with one attached hydrogen (secondary N) is 1. The van der Waals surface area contributed by atoms with Gasteiger partial charge in [0.2, 0.25) is 10.0 Å².